The number of nitro groups is 1. The van der Waals surface area contributed by atoms with Gasteiger partial charge in [-0.05, 0) is 17.7 Å². The fourth-order valence-electron chi connectivity index (χ4n) is 1.57. The average molecular weight is 258 g/mol. The van der Waals surface area contributed by atoms with Crippen LogP contribution >= 0.6 is 0 Å². The minimum atomic E-state index is -0.649. The summed E-state index contributed by atoms with van der Waals surface area (Å²) in [4.78, 5) is 21.3. The van der Waals surface area contributed by atoms with Crippen molar-refractivity contribution in [3.63, 3.8) is 0 Å². The van der Waals surface area contributed by atoms with Crippen molar-refractivity contribution < 1.29 is 14.1 Å². The van der Waals surface area contributed by atoms with E-state index in [1.165, 1.54) is 18.2 Å². The molecule has 6 nitrogen and oxygen atoms in total. The number of benzene rings is 1. The van der Waals surface area contributed by atoms with Crippen molar-refractivity contribution in [2.75, 3.05) is 0 Å². The van der Waals surface area contributed by atoms with Crippen LogP contribution in [0, 0.1) is 10.1 Å². The summed E-state index contributed by atoms with van der Waals surface area (Å²) in [7, 11) is 0. The van der Waals surface area contributed by atoms with Crippen LogP contribution in [0.3, 0.4) is 0 Å². The Morgan fingerprint density at radius 2 is 1.89 bits per heavy atom. The molecule has 2 aromatic rings. The Morgan fingerprint density at radius 1 is 1.21 bits per heavy atom. The second-order valence-electron chi connectivity index (χ2n) is 3.72. The molecule has 0 fully saturated rings. The van der Waals surface area contributed by atoms with E-state index in [1.807, 2.05) is 0 Å². The van der Waals surface area contributed by atoms with Gasteiger partial charge in [0.15, 0.2) is 0 Å². The number of rotatable bonds is 4. The molecule has 0 aliphatic rings. The van der Waals surface area contributed by atoms with E-state index in [9.17, 15) is 14.9 Å². The molecule has 19 heavy (non-hydrogen) atoms. The van der Waals surface area contributed by atoms with E-state index in [4.69, 9.17) is 10.2 Å². The van der Waals surface area contributed by atoms with Gasteiger partial charge in [-0.25, -0.2) is 0 Å². The first-order valence-electron chi connectivity index (χ1n) is 5.39. The second-order valence-corrected chi connectivity index (χ2v) is 3.72. The third kappa shape index (κ3) is 2.86. The number of hydrogen-bond acceptors (Lipinski definition) is 4. The average Bonchev–Trinajstić information content (AvgIpc) is 2.85. The molecule has 0 aliphatic heterocycles. The number of nitrogens with zero attached hydrogens (tertiary/aromatic N) is 1. The molecule has 0 saturated carbocycles. The third-order valence-electron chi connectivity index (χ3n) is 2.43. The maximum atomic E-state index is 11.4. The predicted molar refractivity (Wildman–Crippen MR) is 68.9 cm³/mol. The number of primary amides is 1. The lowest BCUT2D eigenvalue weighted by Gasteiger charge is -2.02. The summed E-state index contributed by atoms with van der Waals surface area (Å²) in [5.41, 5.74) is 6.15. The van der Waals surface area contributed by atoms with Gasteiger partial charge in [-0.1, -0.05) is 30.3 Å². The number of carbonyl (C=O) groups excluding carboxylic acids is 1. The molecule has 0 saturated heterocycles. The van der Waals surface area contributed by atoms with E-state index >= 15 is 0 Å². The zero-order valence-electron chi connectivity index (χ0n) is 9.78. The van der Waals surface area contributed by atoms with Crippen LogP contribution in [0.5, 0.6) is 0 Å². The van der Waals surface area contributed by atoms with Crippen molar-refractivity contribution in [3.8, 4) is 0 Å². The first kappa shape index (κ1) is 12.6. The van der Waals surface area contributed by atoms with Crippen molar-refractivity contribution in [3.05, 3.63) is 63.9 Å². The molecule has 96 valence electrons. The molecule has 2 N–H and O–H groups in total. The molecule has 0 bridgehead atoms. The molecule has 1 amide bonds. The van der Waals surface area contributed by atoms with Gasteiger partial charge >= 0.3 is 5.88 Å². The Morgan fingerprint density at radius 3 is 2.42 bits per heavy atom. The first-order chi connectivity index (χ1) is 9.08. The smallest absolute Gasteiger partial charge is 0.401 e. The van der Waals surface area contributed by atoms with Gasteiger partial charge in [0.1, 0.15) is 10.7 Å². The molecule has 0 spiro atoms. The van der Waals surface area contributed by atoms with Crippen molar-refractivity contribution in [1.29, 1.82) is 0 Å². The van der Waals surface area contributed by atoms with Crippen LogP contribution in [0.15, 0.2) is 46.9 Å². The van der Waals surface area contributed by atoms with E-state index in [0.717, 1.165) is 0 Å². The predicted octanol–water partition coefficient (Wildman–Crippen LogP) is 2.21. The monoisotopic (exact) mass is 258 g/mol. The summed E-state index contributed by atoms with van der Waals surface area (Å²) in [5, 5.41) is 10.5. The van der Waals surface area contributed by atoms with E-state index in [0.29, 0.717) is 5.56 Å². The van der Waals surface area contributed by atoms with Gasteiger partial charge < -0.3 is 10.2 Å². The van der Waals surface area contributed by atoms with Gasteiger partial charge in [0.25, 0.3) is 0 Å². The highest BCUT2D eigenvalue weighted by Crippen LogP contribution is 2.22. The van der Waals surface area contributed by atoms with Crippen LogP contribution in [-0.4, -0.2) is 10.8 Å². The van der Waals surface area contributed by atoms with Crippen molar-refractivity contribution >= 4 is 23.4 Å². The minimum Gasteiger partial charge on any atom is -0.401 e. The SMILES string of the molecule is NC(=O)/C(=C/c1ccc([N+](=O)[O-])o1)c1ccccc1. The minimum absolute atomic E-state index is 0.198. The Hall–Kier alpha value is -2.89. The van der Waals surface area contributed by atoms with Crippen LogP contribution in [0.1, 0.15) is 11.3 Å². The maximum Gasteiger partial charge on any atom is 0.433 e. The Bertz CT molecular complexity index is 644. The summed E-state index contributed by atoms with van der Waals surface area (Å²) in [6, 6.07) is 11.4. The number of hydrogen-bond donors (Lipinski definition) is 1. The summed E-state index contributed by atoms with van der Waals surface area (Å²) in [6.07, 6.45) is 1.38. The molecule has 0 aliphatic carbocycles. The van der Waals surface area contributed by atoms with Crippen LogP contribution in [0.25, 0.3) is 11.6 Å². The molecule has 0 radical (unpaired) electrons. The molecule has 0 atom stereocenters. The van der Waals surface area contributed by atoms with Crippen molar-refractivity contribution in [2.45, 2.75) is 0 Å². The van der Waals surface area contributed by atoms with Crippen LogP contribution in [0.4, 0.5) is 5.88 Å². The Balaban J connectivity index is 2.41. The molecule has 2 rings (SSSR count). The van der Waals surface area contributed by atoms with E-state index in [-0.39, 0.29) is 17.2 Å². The van der Waals surface area contributed by atoms with Crippen LogP contribution in [0.2, 0.25) is 0 Å². The van der Waals surface area contributed by atoms with Gasteiger partial charge in [0.05, 0.1) is 11.6 Å². The lowest BCUT2D eigenvalue weighted by Crippen LogP contribution is -2.12. The highest BCUT2D eigenvalue weighted by molar-refractivity contribution is 6.23. The molecule has 1 aromatic carbocycles. The standard InChI is InChI=1S/C13H10N2O4/c14-13(16)11(9-4-2-1-3-5-9)8-10-6-7-12(19-10)15(17)18/h1-8H,(H2,14,16)/b11-8+. The topological polar surface area (TPSA) is 99.4 Å². The van der Waals surface area contributed by atoms with Crippen molar-refractivity contribution in [2.24, 2.45) is 5.73 Å². The fraction of sp³-hybridized carbons (Fsp3) is 0. The maximum absolute atomic E-state index is 11.4. The fourth-order valence-corrected chi connectivity index (χ4v) is 1.57. The lowest BCUT2D eigenvalue weighted by atomic mass is 10.0. The second kappa shape index (κ2) is 5.18. The largest absolute Gasteiger partial charge is 0.433 e. The molecule has 1 heterocycles. The summed E-state index contributed by atoms with van der Waals surface area (Å²) in [6.45, 7) is 0. The van der Waals surface area contributed by atoms with Crippen molar-refractivity contribution in [1.82, 2.24) is 0 Å². The molecule has 0 unspecified atom stereocenters. The van der Waals surface area contributed by atoms with E-state index in [1.54, 1.807) is 30.3 Å². The van der Waals surface area contributed by atoms with Gasteiger partial charge in [0, 0.05) is 0 Å². The molecular formula is C13H10N2O4. The molecular weight excluding hydrogens is 248 g/mol. The number of carbonyl (C=O) groups is 1. The molecule has 1 aromatic heterocycles. The van der Waals surface area contributed by atoms with Gasteiger partial charge in [0.2, 0.25) is 5.91 Å². The van der Waals surface area contributed by atoms with Gasteiger partial charge in [-0.2, -0.15) is 0 Å². The normalized spacial score (nSPS) is 11.3. The number of nitrogens with two attached hydrogens (primary N) is 1. The Kier molecular flexibility index (Phi) is 3.42. The molecule has 6 heteroatoms. The lowest BCUT2D eigenvalue weighted by molar-refractivity contribution is -0.402. The third-order valence-corrected chi connectivity index (χ3v) is 2.43. The first-order valence-corrected chi connectivity index (χ1v) is 5.39. The van der Waals surface area contributed by atoms with Crippen LogP contribution in [-0.2, 0) is 4.79 Å². The summed E-state index contributed by atoms with van der Waals surface area (Å²) < 4.78 is 4.96. The zero-order valence-corrected chi connectivity index (χ0v) is 9.78. The zero-order chi connectivity index (χ0) is 13.8. The Labute approximate surface area is 108 Å². The highest BCUT2D eigenvalue weighted by Gasteiger charge is 2.13. The summed E-state index contributed by atoms with van der Waals surface area (Å²) in [5.74, 6) is -0.822. The van der Waals surface area contributed by atoms with Crippen LogP contribution < -0.4 is 5.73 Å². The number of amides is 1. The van der Waals surface area contributed by atoms with Gasteiger partial charge in [-0.15, -0.1) is 0 Å². The highest BCUT2D eigenvalue weighted by atomic mass is 16.6. The van der Waals surface area contributed by atoms with E-state index in [2.05, 4.69) is 0 Å². The quantitative estimate of drug-likeness (QED) is 0.516. The van der Waals surface area contributed by atoms with Gasteiger partial charge in [-0.3, -0.25) is 14.9 Å². The van der Waals surface area contributed by atoms with E-state index < -0.39 is 10.8 Å². The number of furan rings is 1. The summed E-state index contributed by atoms with van der Waals surface area (Å²) >= 11 is 0.